The number of amides is 2. The number of benzene rings is 2. The van der Waals surface area contributed by atoms with E-state index in [4.69, 9.17) is 28.9 Å². The topological polar surface area (TPSA) is 199 Å². The first-order valence-electron chi connectivity index (χ1n) is 21.1. The van der Waals surface area contributed by atoms with Crippen molar-refractivity contribution in [2.45, 2.75) is 65.1 Å². The number of allylic oxidation sites excluding steroid dienone is 2. The summed E-state index contributed by atoms with van der Waals surface area (Å²) in [6.07, 6.45) is 6.83. The highest BCUT2D eigenvalue weighted by Gasteiger charge is 2.26. The van der Waals surface area contributed by atoms with E-state index in [1.165, 1.54) is 48.9 Å². The summed E-state index contributed by atoms with van der Waals surface area (Å²) in [7, 11) is 2.59. The second-order valence-electron chi connectivity index (χ2n) is 14.9. The van der Waals surface area contributed by atoms with Gasteiger partial charge in [0.15, 0.2) is 11.5 Å². The molecular formula is C44H51FN10O8S2. The summed E-state index contributed by atoms with van der Waals surface area (Å²) in [4.78, 5) is 70.8. The Labute approximate surface area is 382 Å². The zero-order valence-electron chi connectivity index (χ0n) is 37.3. The molecule has 1 aliphatic heterocycles. The maximum Gasteiger partial charge on any atom is 0.338 e. The predicted octanol–water partition coefficient (Wildman–Crippen LogP) is 6.53. The van der Waals surface area contributed by atoms with Crippen LogP contribution in [0, 0.1) is 19.7 Å². The molecule has 0 bridgehead atoms. The molecule has 18 nitrogen and oxygen atoms in total. The van der Waals surface area contributed by atoms with Crippen molar-refractivity contribution in [1.82, 2.24) is 38.8 Å². The fourth-order valence-electron chi connectivity index (χ4n) is 7.61. The van der Waals surface area contributed by atoms with Crippen molar-refractivity contribution in [3.05, 3.63) is 80.3 Å². The lowest BCUT2D eigenvalue weighted by molar-refractivity contribution is 0.0358. The number of hydrogen-bond acceptors (Lipinski definition) is 15. The molecule has 2 aromatic carbocycles. The van der Waals surface area contributed by atoms with Crippen LogP contribution in [0.5, 0.6) is 5.75 Å². The van der Waals surface area contributed by atoms with Gasteiger partial charge in [0.25, 0.3) is 11.8 Å². The Hall–Kier alpha value is -6.16. The number of hydrogen-bond donors (Lipinski definition) is 2. The molecule has 344 valence electrons. The smallest absolute Gasteiger partial charge is 0.338 e. The second-order valence-corrected chi connectivity index (χ2v) is 17.0. The van der Waals surface area contributed by atoms with Gasteiger partial charge in [-0.05, 0) is 64.1 Å². The molecule has 0 saturated carbocycles. The minimum absolute atomic E-state index is 0.0587. The number of fused-ring (bicyclic) bond motifs is 2. The molecule has 0 spiro atoms. The maximum absolute atomic E-state index is 15.4. The molecule has 0 unspecified atom stereocenters. The molecule has 1 fully saturated rings. The Morgan fingerprint density at radius 1 is 0.877 bits per heavy atom. The highest BCUT2D eigenvalue weighted by atomic mass is 32.2. The third-order valence-electron chi connectivity index (χ3n) is 10.8. The van der Waals surface area contributed by atoms with E-state index in [9.17, 15) is 19.2 Å². The molecule has 7 rings (SSSR count). The van der Waals surface area contributed by atoms with Crippen LogP contribution in [0.2, 0.25) is 0 Å². The van der Waals surface area contributed by atoms with Crippen LogP contribution in [0.1, 0.15) is 77.5 Å². The van der Waals surface area contributed by atoms with Crippen molar-refractivity contribution in [2.24, 2.45) is 0 Å². The van der Waals surface area contributed by atoms with Crippen LogP contribution in [-0.4, -0.2) is 122 Å². The first-order chi connectivity index (χ1) is 31.4. The monoisotopic (exact) mass is 930 g/mol. The Bertz CT molecular complexity index is 2790. The van der Waals surface area contributed by atoms with Crippen LogP contribution in [0.25, 0.3) is 22.1 Å². The average Bonchev–Trinajstić information content (AvgIpc) is 4.06. The summed E-state index contributed by atoms with van der Waals surface area (Å²) in [5.41, 5.74) is 2.93. The molecule has 65 heavy (non-hydrogen) atoms. The first-order valence-corrected chi connectivity index (χ1v) is 23.1. The minimum Gasteiger partial charge on any atom is -0.491 e. The van der Waals surface area contributed by atoms with Crippen LogP contribution in [0.3, 0.4) is 0 Å². The number of methoxy groups -OCH3 is 2. The van der Waals surface area contributed by atoms with E-state index in [0.717, 1.165) is 29.5 Å². The van der Waals surface area contributed by atoms with Crippen molar-refractivity contribution in [3.8, 4) is 5.75 Å². The zero-order chi connectivity index (χ0) is 46.4. The van der Waals surface area contributed by atoms with Crippen molar-refractivity contribution >= 4 is 80.8 Å². The number of aryl methyl sites for hydroxylation is 4. The highest BCUT2D eigenvalue weighted by molar-refractivity contribution is 7.98. The molecule has 2 amide bonds. The Balaban J connectivity index is 1.27. The predicted molar refractivity (Wildman–Crippen MR) is 245 cm³/mol. The largest absolute Gasteiger partial charge is 0.491 e. The number of ether oxygens (including phenoxy) is 4. The van der Waals surface area contributed by atoms with Crippen LogP contribution < -0.4 is 15.4 Å². The van der Waals surface area contributed by atoms with E-state index in [1.54, 1.807) is 35.8 Å². The molecule has 0 aliphatic carbocycles. The van der Waals surface area contributed by atoms with E-state index in [0.29, 0.717) is 76.6 Å². The minimum atomic E-state index is -0.768. The van der Waals surface area contributed by atoms with Gasteiger partial charge in [-0.3, -0.25) is 29.8 Å². The molecule has 21 heteroatoms. The fraction of sp³-hybridized carbons (Fsp3) is 0.409. The van der Waals surface area contributed by atoms with Crippen LogP contribution in [0.4, 0.5) is 16.3 Å². The number of rotatable bonds is 18. The highest BCUT2D eigenvalue weighted by Crippen LogP contribution is 2.34. The molecule has 6 aromatic rings. The summed E-state index contributed by atoms with van der Waals surface area (Å²) < 4.78 is 42.2. The van der Waals surface area contributed by atoms with E-state index in [-0.39, 0.29) is 54.4 Å². The fourth-order valence-corrected chi connectivity index (χ4v) is 9.17. The van der Waals surface area contributed by atoms with Gasteiger partial charge < -0.3 is 28.1 Å². The van der Waals surface area contributed by atoms with Gasteiger partial charge in [0.2, 0.25) is 11.9 Å². The van der Waals surface area contributed by atoms with Gasteiger partial charge in [-0.1, -0.05) is 19.1 Å². The summed E-state index contributed by atoms with van der Waals surface area (Å²) >= 11 is 2.71. The van der Waals surface area contributed by atoms with Crippen molar-refractivity contribution < 1.29 is 42.5 Å². The van der Waals surface area contributed by atoms with Gasteiger partial charge in [-0.15, -0.1) is 23.1 Å². The van der Waals surface area contributed by atoms with Crippen molar-refractivity contribution in [2.75, 3.05) is 70.6 Å². The number of anilines is 2. The van der Waals surface area contributed by atoms with E-state index < -0.39 is 23.7 Å². The molecular weight excluding hydrogens is 880 g/mol. The van der Waals surface area contributed by atoms with Gasteiger partial charge in [0.05, 0.1) is 78.1 Å². The van der Waals surface area contributed by atoms with E-state index in [2.05, 4.69) is 25.6 Å². The normalized spacial score (nSPS) is 13.2. The lowest BCUT2D eigenvalue weighted by Crippen LogP contribution is -2.37. The number of thiazole rings is 1. The molecule has 4 aromatic heterocycles. The Morgan fingerprint density at radius 2 is 1.49 bits per heavy atom. The van der Waals surface area contributed by atoms with Crippen LogP contribution in [0.15, 0.2) is 41.3 Å². The van der Waals surface area contributed by atoms with Crippen molar-refractivity contribution in [3.63, 3.8) is 0 Å². The van der Waals surface area contributed by atoms with Gasteiger partial charge in [0, 0.05) is 44.2 Å². The number of thioether (sulfide) groups is 1. The Morgan fingerprint density at radius 3 is 2.11 bits per heavy atom. The van der Waals surface area contributed by atoms with Crippen molar-refractivity contribution in [1.29, 1.82) is 0 Å². The van der Waals surface area contributed by atoms with Crippen LogP contribution >= 0.6 is 23.1 Å². The lowest BCUT2D eigenvalue weighted by atomic mass is 10.2. The van der Waals surface area contributed by atoms with E-state index >= 15 is 4.39 Å². The number of esters is 2. The molecule has 0 atom stereocenters. The maximum atomic E-state index is 15.4. The lowest BCUT2D eigenvalue weighted by Gasteiger charge is -2.26. The number of nitrogens with zero attached hydrogens (tertiary/aromatic N) is 8. The second kappa shape index (κ2) is 20.8. The third kappa shape index (κ3) is 10.1. The third-order valence-corrected chi connectivity index (χ3v) is 12.5. The summed E-state index contributed by atoms with van der Waals surface area (Å²) in [5, 5.41) is 10.7. The number of nitrogens with one attached hydrogen (secondary N) is 2. The molecule has 5 heterocycles. The van der Waals surface area contributed by atoms with Crippen LogP contribution in [-0.2, 0) is 40.3 Å². The van der Waals surface area contributed by atoms with Gasteiger partial charge in [0.1, 0.15) is 16.1 Å². The molecule has 1 aliphatic rings. The number of imidazole rings is 2. The van der Waals surface area contributed by atoms with Gasteiger partial charge >= 0.3 is 11.9 Å². The number of morpholine rings is 1. The standard InChI is InChI=1S/C44H51FN10O8S2/c1-8-29-38(65-26(4)46-29)40(57)50-44-48-31-22-28(42(59)61-6)24-33(64-7)36(31)54(44)15-11-10-14-53-35-30(47-43(53)49-39(56)37-34(45)25(3)51-55(37)9-2)21-27(41(58)60-5)23-32(35)63-18-12-13-52-16-19-62-20-17-52/h10-11,21-24H,8-9,12-20H2,1-7H3,(H,47,49,56)(H,48,50,57)/b11-10+. The average molecular weight is 931 g/mol. The number of carbonyl (C=O) groups is 4. The first kappa shape index (κ1) is 46.8. The zero-order valence-corrected chi connectivity index (χ0v) is 38.9. The summed E-state index contributed by atoms with van der Waals surface area (Å²) in [5.74, 6) is -2.39. The molecule has 1 saturated heterocycles. The van der Waals surface area contributed by atoms with Gasteiger partial charge in [-0.2, -0.15) is 5.10 Å². The SMILES string of the molecule is CCc1nc(C)sc1C(=O)Nc1nc2cc(C(=O)OC)cc(SC)c2n1C/C=C/Cn1c(NC(=O)c2c(F)c(C)nn2CC)nc2cc(C(=O)OC)cc(OCCCN3CCOCC3)c21. The van der Waals surface area contributed by atoms with Gasteiger partial charge in [-0.25, -0.2) is 28.9 Å². The summed E-state index contributed by atoms with van der Waals surface area (Å²) in [6.45, 7) is 11.6. The van der Waals surface area contributed by atoms with E-state index in [1.807, 2.05) is 36.8 Å². The number of halogens is 1. The summed E-state index contributed by atoms with van der Waals surface area (Å²) in [6, 6.07) is 6.48. The molecule has 2 N–H and O–H groups in total. The number of carbonyl (C=O) groups excluding carboxylic acids is 4. The Kier molecular flexibility index (Phi) is 15.0. The quantitative estimate of drug-likeness (QED) is 0.0408. The molecule has 0 radical (unpaired) electrons. The number of aromatic nitrogens is 7.